The number of halogens is 1. The Labute approximate surface area is 155 Å². The van der Waals surface area contributed by atoms with Gasteiger partial charge in [-0.25, -0.2) is 9.97 Å². The molecule has 1 amide bonds. The van der Waals surface area contributed by atoms with Crippen molar-refractivity contribution < 1.29 is 9.72 Å². The first-order valence-corrected chi connectivity index (χ1v) is 9.19. The van der Waals surface area contributed by atoms with E-state index in [1.54, 1.807) is 6.92 Å². The highest BCUT2D eigenvalue weighted by Crippen LogP contribution is 2.32. The van der Waals surface area contributed by atoms with Crippen molar-refractivity contribution in [2.24, 2.45) is 0 Å². The van der Waals surface area contributed by atoms with E-state index in [4.69, 9.17) is 11.6 Å². The van der Waals surface area contributed by atoms with Gasteiger partial charge in [0, 0.05) is 12.1 Å². The fraction of sp³-hybridized carbons (Fsp3) is 0.133. The highest BCUT2D eigenvalue weighted by molar-refractivity contribution is 8.00. The quantitative estimate of drug-likeness (QED) is 0.298. The number of fused-ring (bicyclic) bond motifs is 1. The van der Waals surface area contributed by atoms with Gasteiger partial charge < -0.3 is 5.32 Å². The average molecular weight is 395 g/mol. The molecule has 2 heterocycles. The van der Waals surface area contributed by atoms with Crippen LogP contribution in [-0.4, -0.2) is 26.0 Å². The number of anilines is 1. The number of amides is 1. The number of aromatic nitrogens is 2. The number of carbonyl (C=O) groups is 1. The number of hydrogen-bond acceptors (Lipinski definition) is 7. The van der Waals surface area contributed by atoms with Crippen molar-refractivity contribution >= 4 is 62.2 Å². The van der Waals surface area contributed by atoms with Crippen LogP contribution in [-0.2, 0) is 4.79 Å². The Hall–Kier alpha value is -2.23. The van der Waals surface area contributed by atoms with E-state index in [0.717, 1.165) is 15.2 Å². The molecular formula is C15H11ClN4O3S2. The Morgan fingerprint density at radius 3 is 2.92 bits per heavy atom. The van der Waals surface area contributed by atoms with E-state index < -0.39 is 10.2 Å². The summed E-state index contributed by atoms with van der Waals surface area (Å²) < 4.78 is 0.931. The second kappa shape index (κ2) is 7.34. The van der Waals surface area contributed by atoms with E-state index in [-0.39, 0.29) is 16.6 Å². The van der Waals surface area contributed by atoms with Crippen molar-refractivity contribution in [2.45, 2.75) is 17.2 Å². The zero-order valence-corrected chi connectivity index (χ0v) is 15.2. The van der Waals surface area contributed by atoms with Gasteiger partial charge >= 0.3 is 0 Å². The average Bonchev–Trinajstić information content (AvgIpc) is 3.06. The van der Waals surface area contributed by atoms with Crippen LogP contribution in [0.2, 0.25) is 5.02 Å². The van der Waals surface area contributed by atoms with Crippen LogP contribution < -0.4 is 5.32 Å². The summed E-state index contributed by atoms with van der Waals surface area (Å²) in [6.07, 6.45) is 1.47. The fourth-order valence-electron chi connectivity index (χ4n) is 2.02. The number of thiophene rings is 1. The molecule has 1 unspecified atom stereocenters. The first-order chi connectivity index (χ1) is 12.0. The maximum atomic E-state index is 12.4. The van der Waals surface area contributed by atoms with Crippen molar-refractivity contribution in [3.8, 4) is 0 Å². The van der Waals surface area contributed by atoms with Gasteiger partial charge in [0.25, 0.3) is 5.69 Å². The van der Waals surface area contributed by atoms with E-state index in [1.165, 1.54) is 47.6 Å². The summed E-state index contributed by atoms with van der Waals surface area (Å²) in [4.78, 5) is 31.0. The Morgan fingerprint density at radius 1 is 1.40 bits per heavy atom. The number of rotatable bonds is 5. The molecule has 0 bridgehead atoms. The molecule has 1 aromatic carbocycles. The number of non-ortho nitro benzene ring substituents is 1. The van der Waals surface area contributed by atoms with Crippen molar-refractivity contribution in [3.63, 3.8) is 0 Å². The van der Waals surface area contributed by atoms with Crippen LogP contribution in [0.4, 0.5) is 11.4 Å². The van der Waals surface area contributed by atoms with Gasteiger partial charge in [0.1, 0.15) is 11.4 Å². The maximum Gasteiger partial charge on any atom is 0.271 e. The van der Waals surface area contributed by atoms with Gasteiger partial charge in [-0.15, -0.1) is 11.3 Å². The number of nitrogens with zero attached hydrogens (tertiary/aromatic N) is 3. The van der Waals surface area contributed by atoms with Gasteiger partial charge in [-0.1, -0.05) is 23.4 Å². The molecule has 0 saturated carbocycles. The third-order valence-electron chi connectivity index (χ3n) is 3.29. The predicted molar refractivity (Wildman–Crippen MR) is 99.5 cm³/mol. The monoisotopic (exact) mass is 394 g/mol. The number of carbonyl (C=O) groups excluding carboxylic acids is 1. The molecule has 1 atom stereocenters. The smallest absolute Gasteiger partial charge is 0.271 e. The van der Waals surface area contributed by atoms with Crippen molar-refractivity contribution in [1.82, 2.24) is 9.97 Å². The number of hydrogen-bond donors (Lipinski definition) is 1. The van der Waals surface area contributed by atoms with Crippen LogP contribution in [0, 0.1) is 10.1 Å². The van der Waals surface area contributed by atoms with E-state index >= 15 is 0 Å². The highest BCUT2D eigenvalue weighted by atomic mass is 35.5. The molecule has 25 heavy (non-hydrogen) atoms. The molecule has 7 nitrogen and oxygen atoms in total. The fourth-order valence-corrected chi connectivity index (χ4v) is 4.08. The van der Waals surface area contributed by atoms with Crippen LogP contribution >= 0.6 is 34.7 Å². The molecule has 1 N–H and O–H groups in total. The van der Waals surface area contributed by atoms with Crippen LogP contribution in [0.25, 0.3) is 10.2 Å². The maximum absolute atomic E-state index is 12.4. The first kappa shape index (κ1) is 17.6. The van der Waals surface area contributed by atoms with Gasteiger partial charge in [-0.2, -0.15) is 0 Å². The molecular weight excluding hydrogens is 384 g/mol. The number of benzene rings is 1. The summed E-state index contributed by atoms with van der Waals surface area (Å²) in [5.74, 6) is -0.274. The molecule has 0 saturated heterocycles. The Morgan fingerprint density at radius 2 is 2.20 bits per heavy atom. The second-order valence-corrected chi connectivity index (χ2v) is 7.64. The number of nitro groups is 1. The molecule has 0 fully saturated rings. The summed E-state index contributed by atoms with van der Waals surface area (Å²) in [6.45, 7) is 1.75. The summed E-state index contributed by atoms with van der Waals surface area (Å²) in [5, 5.41) is 15.7. The lowest BCUT2D eigenvalue weighted by atomic mass is 10.2. The minimum absolute atomic E-state index is 0.113. The van der Waals surface area contributed by atoms with E-state index in [9.17, 15) is 14.9 Å². The molecule has 0 aliphatic rings. The predicted octanol–water partition coefficient (Wildman–Crippen LogP) is 4.37. The third kappa shape index (κ3) is 3.89. The number of nitrogens with one attached hydrogen (secondary N) is 1. The Bertz CT molecular complexity index is 963. The Balaban J connectivity index is 1.73. The van der Waals surface area contributed by atoms with Gasteiger partial charge in [-0.3, -0.25) is 14.9 Å². The van der Waals surface area contributed by atoms with Crippen molar-refractivity contribution in [3.05, 3.63) is 51.1 Å². The lowest BCUT2D eigenvalue weighted by Gasteiger charge is -2.12. The van der Waals surface area contributed by atoms with Crippen molar-refractivity contribution in [2.75, 3.05) is 5.32 Å². The van der Waals surface area contributed by atoms with Gasteiger partial charge in [0.15, 0.2) is 0 Å². The van der Waals surface area contributed by atoms with Gasteiger partial charge in [-0.05, 0) is 24.4 Å². The van der Waals surface area contributed by atoms with Crippen LogP contribution in [0.3, 0.4) is 0 Å². The molecule has 3 aromatic rings. The van der Waals surface area contributed by atoms with Gasteiger partial charge in [0.05, 0.1) is 31.1 Å². The summed E-state index contributed by atoms with van der Waals surface area (Å²) in [7, 11) is 0. The highest BCUT2D eigenvalue weighted by Gasteiger charge is 2.19. The topological polar surface area (TPSA) is 98.0 Å². The minimum Gasteiger partial charge on any atom is -0.324 e. The molecule has 0 radical (unpaired) electrons. The van der Waals surface area contributed by atoms with E-state index in [0.29, 0.717) is 5.69 Å². The third-order valence-corrected chi connectivity index (χ3v) is 5.74. The normalized spacial score (nSPS) is 12.1. The number of thioether (sulfide) groups is 1. The lowest BCUT2D eigenvalue weighted by Crippen LogP contribution is -2.22. The molecule has 128 valence electrons. The first-order valence-electron chi connectivity index (χ1n) is 7.05. The molecule has 10 heteroatoms. The zero-order valence-electron chi connectivity index (χ0n) is 12.8. The molecule has 0 aliphatic heterocycles. The standard InChI is InChI=1S/C15H11ClN4O3S2/c1-8(25-15-13-12(4-5-24-13)17-7-18-15)14(21)19-11-3-2-9(20(22)23)6-10(11)16/h2-8H,1H3,(H,19,21). The van der Waals surface area contributed by atoms with Crippen LogP contribution in [0.5, 0.6) is 0 Å². The molecule has 0 aliphatic carbocycles. The second-order valence-electron chi connectivity index (χ2n) is 4.98. The summed E-state index contributed by atoms with van der Waals surface area (Å²) >= 11 is 8.83. The lowest BCUT2D eigenvalue weighted by molar-refractivity contribution is -0.384. The SMILES string of the molecule is CC(Sc1ncnc2ccsc12)C(=O)Nc1ccc([N+](=O)[O-])cc1Cl. The summed E-state index contributed by atoms with van der Waals surface area (Å²) in [5.41, 5.74) is 1.04. The van der Waals surface area contributed by atoms with Crippen molar-refractivity contribution in [1.29, 1.82) is 0 Å². The summed E-state index contributed by atoms with van der Waals surface area (Å²) in [6, 6.07) is 5.80. The molecule has 0 spiro atoms. The largest absolute Gasteiger partial charge is 0.324 e. The number of nitro benzene ring substituents is 1. The van der Waals surface area contributed by atoms with Gasteiger partial charge in [0.2, 0.25) is 5.91 Å². The molecule has 3 rings (SSSR count). The van der Waals surface area contributed by atoms with Crippen LogP contribution in [0.15, 0.2) is 41.0 Å². The Kier molecular flexibility index (Phi) is 5.16. The van der Waals surface area contributed by atoms with E-state index in [1.807, 2.05) is 11.4 Å². The van der Waals surface area contributed by atoms with E-state index in [2.05, 4.69) is 15.3 Å². The molecule has 2 aromatic heterocycles. The minimum atomic E-state index is -0.544. The van der Waals surface area contributed by atoms with Crippen LogP contribution in [0.1, 0.15) is 6.92 Å². The zero-order chi connectivity index (χ0) is 18.0.